The van der Waals surface area contributed by atoms with Crippen molar-refractivity contribution in [1.82, 2.24) is 10.9 Å². The maximum absolute atomic E-state index is 12.0. The van der Waals surface area contributed by atoms with Gasteiger partial charge in [0.05, 0.1) is 0 Å². The molecule has 2 amide bonds. The van der Waals surface area contributed by atoms with Crippen LogP contribution in [0.5, 0.6) is 0 Å². The number of rotatable bonds is 4. The second-order valence-electron chi connectivity index (χ2n) is 6.57. The second kappa shape index (κ2) is 8.04. The Balaban J connectivity index is 1.38. The summed E-state index contributed by atoms with van der Waals surface area (Å²) in [6.07, 6.45) is 0. The largest absolute Gasteiger partial charge is 0.455 e. The molecule has 8 nitrogen and oxygen atoms in total. The van der Waals surface area contributed by atoms with Gasteiger partial charge in [0.15, 0.2) is 11.5 Å². The molecule has 2 heterocycles. The number of carbonyl (C=O) groups is 2. The number of hydrogen-bond donors (Lipinski definition) is 2. The summed E-state index contributed by atoms with van der Waals surface area (Å²) in [5.74, 6) is -0.912. The van der Waals surface area contributed by atoms with Crippen molar-refractivity contribution >= 4 is 45.2 Å². The van der Waals surface area contributed by atoms with Gasteiger partial charge < -0.3 is 8.83 Å². The van der Waals surface area contributed by atoms with Crippen molar-refractivity contribution in [3.8, 4) is 0 Å². The fourth-order valence-corrected chi connectivity index (χ4v) is 2.80. The maximum atomic E-state index is 12.0. The van der Waals surface area contributed by atoms with E-state index in [2.05, 4.69) is 21.1 Å². The molecule has 8 heteroatoms. The van der Waals surface area contributed by atoms with Crippen LogP contribution in [0.3, 0.4) is 0 Å². The van der Waals surface area contributed by atoms with Crippen molar-refractivity contribution in [3.63, 3.8) is 0 Å². The molecule has 0 bridgehead atoms. The topological polar surface area (TPSA) is 109 Å². The smallest absolute Gasteiger partial charge is 0.331 e. The van der Waals surface area contributed by atoms with Crippen LogP contribution in [-0.4, -0.2) is 23.2 Å². The molecule has 150 valence electrons. The quantitative estimate of drug-likeness (QED) is 0.309. The molecule has 2 N–H and O–H groups in total. The number of benzene rings is 2. The van der Waals surface area contributed by atoms with Gasteiger partial charge in [-0.1, -0.05) is 36.4 Å². The zero-order valence-corrected chi connectivity index (χ0v) is 16.3. The number of hydrogen-bond acceptors (Lipinski definition) is 6. The molecule has 0 unspecified atom stereocenters. The Hall–Kier alpha value is -4.20. The zero-order valence-electron chi connectivity index (χ0n) is 16.3. The highest BCUT2D eigenvalue weighted by Gasteiger charge is 2.14. The van der Waals surface area contributed by atoms with Crippen molar-refractivity contribution in [1.29, 1.82) is 0 Å². The summed E-state index contributed by atoms with van der Waals surface area (Å²) in [5, 5.41) is 9.68. The number of amides is 2. The van der Waals surface area contributed by atoms with Crippen molar-refractivity contribution < 1.29 is 18.4 Å². The predicted molar refractivity (Wildman–Crippen MR) is 113 cm³/mol. The van der Waals surface area contributed by atoms with E-state index in [1.54, 1.807) is 26.0 Å². The van der Waals surface area contributed by atoms with Gasteiger partial charge in [-0.05, 0) is 38.1 Å². The standard InChI is InChI=1S/C22H18N4O4/c1-13(19-11-15-7-3-5-9-17(15)29-19)23-25-21(27)22(28)26-24-14(2)20-12-16-8-4-6-10-18(16)30-20/h3-12H,1-2H3,(H,25,27)(H,26,28)/b23-13-,24-14-. The number of nitrogens with one attached hydrogen (secondary N) is 2. The number of nitrogens with zero attached hydrogens (tertiary/aromatic N) is 2. The summed E-state index contributed by atoms with van der Waals surface area (Å²) in [6, 6.07) is 18.6. The van der Waals surface area contributed by atoms with Gasteiger partial charge >= 0.3 is 11.8 Å². The van der Waals surface area contributed by atoms with E-state index < -0.39 is 11.8 Å². The molecule has 0 saturated carbocycles. The van der Waals surface area contributed by atoms with Gasteiger partial charge in [0.25, 0.3) is 0 Å². The van der Waals surface area contributed by atoms with Crippen LogP contribution < -0.4 is 10.9 Å². The number of fused-ring (bicyclic) bond motifs is 2. The van der Waals surface area contributed by atoms with Crippen molar-refractivity contribution in [2.75, 3.05) is 0 Å². The van der Waals surface area contributed by atoms with E-state index in [-0.39, 0.29) is 0 Å². The molecule has 0 spiro atoms. The number of para-hydroxylation sites is 2. The van der Waals surface area contributed by atoms with Crippen molar-refractivity contribution in [2.45, 2.75) is 13.8 Å². The SMILES string of the molecule is C/C(=N/NC(=O)C(=O)N/N=C(/C)c1cc2ccccc2o1)c1cc2ccccc2o1. The average Bonchev–Trinajstić information content (AvgIpc) is 3.39. The highest BCUT2D eigenvalue weighted by atomic mass is 16.3. The third-order valence-electron chi connectivity index (χ3n) is 4.42. The van der Waals surface area contributed by atoms with E-state index in [0.29, 0.717) is 34.1 Å². The normalized spacial score (nSPS) is 12.3. The van der Waals surface area contributed by atoms with E-state index in [1.807, 2.05) is 48.5 Å². The average molecular weight is 402 g/mol. The van der Waals surface area contributed by atoms with Crippen LogP contribution in [0, 0.1) is 0 Å². The summed E-state index contributed by atoms with van der Waals surface area (Å²) in [5.41, 5.74) is 6.66. The molecule has 30 heavy (non-hydrogen) atoms. The van der Waals surface area contributed by atoms with Crippen molar-refractivity contribution in [2.24, 2.45) is 10.2 Å². The second-order valence-corrected chi connectivity index (χ2v) is 6.57. The Morgan fingerprint density at radius 3 is 1.50 bits per heavy atom. The molecule has 0 aliphatic rings. The van der Waals surface area contributed by atoms with Crippen LogP contribution in [0.4, 0.5) is 0 Å². The van der Waals surface area contributed by atoms with E-state index in [1.165, 1.54) is 0 Å². The minimum atomic E-state index is -0.952. The van der Waals surface area contributed by atoms with Crippen LogP contribution in [0.15, 0.2) is 79.7 Å². The van der Waals surface area contributed by atoms with Crippen LogP contribution in [0.1, 0.15) is 25.4 Å². The van der Waals surface area contributed by atoms with Crippen LogP contribution in [0.25, 0.3) is 21.9 Å². The number of furan rings is 2. The molecule has 0 atom stereocenters. The van der Waals surface area contributed by atoms with Crippen LogP contribution >= 0.6 is 0 Å². The first-order valence-electron chi connectivity index (χ1n) is 9.18. The first-order valence-corrected chi connectivity index (χ1v) is 9.18. The number of carbonyl (C=O) groups excluding carboxylic acids is 2. The molecule has 4 rings (SSSR count). The number of hydrazone groups is 2. The van der Waals surface area contributed by atoms with Gasteiger partial charge in [-0.2, -0.15) is 10.2 Å². The van der Waals surface area contributed by atoms with Crippen LogP contribution in [0.2, 0.25) is 0 Å². The molecular formula is C22H18N4O4. The van der Waals surface area contributed by atoms with Crippen molar-refractivity contribution in [3.05, 3.63) is 72.2 Å². The fraction of sp³-hybridized carbons (Fsp3) is 0.0909. The molecular weight excluding hydrogens is 384 g/mol. The third-order valence-corrected chi connectivity index (χ3v) is 4.42. The molecule has 0 fully saturated rings. The lowest BCUT2D eigenvalue weighted by Gasteiger charge is -2.01. The Labute approximate surface area is 171 Å². The van der Waals surface area contributed by atoms with E-state index in [0.717, 1.165) is 10.8 Å². The molecule has 0 radical (unpaired) electrons. The van der Waals surface area contributed by atoms with Gasteiger partial charge in [-0.3, -0.25) is 9.59 Å². The summed E-state index contributed by atoms with van der Waals surface area (Å²) in [7, 11) is 0. The van der Waals surface area contributed by atoms with E-state index >= 15 is 0 Å². The highest BCUT2D eigenvalue weighted by molar-refractivity contribution is 6.35. The Kier molecular flexibility index (Phi) is 5.13. The van der Waals surface area contributed by atoms with E-state index in [9.17, 15) is 9.59 Å². The monoisotopic (exact) mass is 402 g/mol. The minimum Gasteiger partial charge on any atom is -0.455 e. The van der Waals surface area contributed by atoms with Gasteiger partial charge in [0.1, 0.15) is 22.6 Å². The fourth-order valence-electron chi connectivity index (χ4n) is 2.80. The molecule has 2 aromatic heterocycles. The van der Waals surface area contributed by atoms with Gasteiger partial charge in [0.2, 0.25) is 0 Å². The predicted octanol–water partition coefficient (Wildman–Crippen LogP) is 3.56. The summed E-state index contributed by atoms with van der Waals surface area (Å²) in [4.78, 5) is 24.0. The lowest BCUT2D eigenvalue weighted by molar-refractivity contribution is -0.139. The van der Waals surface area contributed by atoms with Crippen LogP contribution in [-0.2, 0) is 9.59 Å². The minimum absolute atomic E-state index is 0.425. The Bertz CT molecular complexity index is 1140. The maximum Gasteiger partial charge on any atom is 0.331 e. The first-order chi connectivity index (χ1) is 14.5. The zero-order chi connectivity index (χ0) is 21.1. The molecule has 0 aliphatic carbocycles. The molecule has 0 aliphatic heterocycles. The molecule has 0 saturated heterocycles. The lowest BCUT2D eigenvalue weighted by Crippen LogP contribution is -2.36. The summed E-state index contributed by atoms with van der Waals surface area (Å²) in [6.45, 7) is 3.33. The lowest BCUT2D eigenvalue weighted by atomic mass is 10.2. The Morgan fingerprint density at radius 1 is 0.700 bits per heavy atom. The highest BCUT2D eigenvalue weighted by Crippen LogP contribution is 2.20. The molecule has 2 aromatic carbocycles. The third kappa shape index (κ3) is 3.97. The summed E-state index contributed by atoms with van der Waals surface area (Å²) >= 11 is 0. The molecule has 4 aromatic rings. The van der Waals surface area contributed by atoms with Gasteiger partial charge in [-0.15, -0.1) is 0 Å². The first kappa shape index (κ1) is 19.1. The van der Waals surface area contributed by atoms with Gasteiger partial charge in [0, 0.05) is 10.8 Å². The van der Waals surface area contributed by atoms with E-state index in [4.69, 9.17) is 8.83 Å². The van der Waals surface area contributed by atoms with Gasteiger partial charge in [-0.25, -0.2) is 10.9 Å². The summed E-state index contributed by atoms with van der Waals surface area (Å²) < 4.78 is 11.3. The Morgan fingerprint density at radius 2 is 1.10 bits per heavy atom.